The van der Waals surface area contributed by atoms with Gasteiger partial charge in [-0.3, -0.25) is 9.59 Å². The Balaban J connectivity index is 2.03. The molecule has 4 N–H and O–H groups in total. The highest BCUT2D eigenvalue weighted by molar-refractivity contribution is 5.88. The van der Waals surface area contributed by atoms with Gasteiger partial charge in [0.1, 0.15) is 0 Å². The zero-order chi connectivity index (χ0) is 12.7. The molecule has 17 heavy (non-hydrogen) atoms. The summed E-state index contributed by atoms with van der Waals surface area (Å²) in [7, 11) is 0. The minimum atomic E-state index is -0.838. The third-order valence-electron chi connectivity index (χ3n) is 4.45. The lowest BCUT2D eigenvalue weighted by molar-refractivity contribution is -0.149. The van der Waals surface area contributed by atoms with Crippen LogP contribution in [0.5, 0.6) is 0 Å². The molecule has 2 saturated carbocycles. The molecule has 5 heteroatoms. The Labute approximate surface area is 101 Å². The van der Waals surface area contributed by atoms with Gasteiger partial charge in [0.25, 0.3) is 0 Å². The lowest BCUT2D eigenvalue weighted by atomic mass is 9.76. The van der Waals surface area contributed by atoms with Crippen LogP contribution in [0.3, 0.4) is 0 Å². The van der Waals surface area contributed by atoms with E-state index < -0.39 is 16.9 Å². The molecule has 2 unspecified atom stereocenters. The topological polar surface area (TPSA) is 92.4 Å². The van der Waals surface area contributed by atoms with E-state index in [0.717, 1.165) is 19.3 Å². The zero-order valence-corrected chi connectivity index (χ0v) is 10.2. The number of carboxylic acids is 1. The largest absolute Gasteiger partial charge is 0.481 e. The molecule has 0 bridgehead atoms. The molecule has 0 aromatic carbocycles. The van der Waals surface area contributed by atoms with Gasteiger partial charge in [0, 0.05) is 6.04 Å². The summed E-state index contributed by atoms with van der Waals surface area (Å²) in [6.45, 7) is 1.71. The van der Waals surface area contributed by atoms with Gasteiger partial charge in [0.15, 0.2) is 0 Å². The summed E-state index contributed by atoms with van der Waals surface area (Å²) in [6.07, 6.45) is 4.57. The smallest absolute Gasteiger partial charge is 0.311 e. The first-order chi connectivity index (χ1) is 7.88. The molecular formula is C12H20N2O3. The first-order valence-electron chi connectivity index (χ1n) is 6.22. The fourth-order valence-electron chi connectivity index (χ4n) is 2.74. The van der Waals surface area contributed by atoms with Gasteiger partial charge >= 0.3 is 5.97 Å². The highest BCUT2D eigenvalue weighted by atomic mass is 16.4. The van der Waals surface area contributed by atoms with Crippen molar-refractivity contribution in [3.8, 4) is 0 Å². The van der Waals surface area contributed by atoms with E-state index in [-0.39, 0.29) is 11.9 Å². The van der Waals surface area contributed by atoms with Gasteiger partial charge in [-0.25, -0.2) is 0 Å². The molecule has 5 nitrogen and oxygen atoms in total. The normalized spacial score (nSPS) is 35.1. The van der Waals surface area contributed by atoms with Crippen molar-refractivity contribution in [2.75, 3.05) is 0 Å². The molecule has 0 aromatic heterocycles. The number of nitrogens with two attached hydrogens (primary N) is 1. The molecule has 2 aliphatic carbocycles. The third-order valence-corrected chi connectivity index (χ3v) is 4.45. The van der Waals surface area contributed by atoms with Gasteiger partial charge in [-0.1, -0.05) is 6.42 Å². The predicted molar refractivity (Wildman–Crippen MR) is 62.3 cm³/mol. The van der Waals surface area contributed by atoms with Crippen LogP contribution in [0.4, 0.5) is 0 Å². The summed E-state index contributed by atoms with van der Waals surface area (Å²) >= 11 is 0. The molecule has 2 aliphatic rings. The van der Waals surface area contributed by atoms with Crippen molar-refractivity contribution in [3.05, 3.63) is 0 Å². The summed E-state index contributed by atoms with van der Waals surface area (Å²) in [5.41, 5.74) is 4.34. The van der Waals surface area contributed by atoms with E-state index in [2.05, 4.69) is 5.32 Å². The number of carboxylic acid groups (broad SMARTS) is 1. The number of carbonyl (C=O) groups is 2. The van der Waals surface area contributed by atoms with E-state index in [0.29, 0.717) is 19.3 Å². The van der Waals surface area contributed by atoms with Crippen LogP contribution in [0.1, 0.15) is 45.4 Å². The summed E-state index contributed by atoms with van der Waals surface area (Å²) in [5, 5.41) is 12.1. The van der Waals surface area contributed by atoms with Gasteiger partial charge in [-0.05, 0) is 39.0 Å². The Morgan fingerprint density at radius 1 is 1.29 bits per heavy atom. The van der Waals surface area contributed by atoms with Crippen molar-refractivity contribution < 1.29 is 14.7 Å². The lowest BCUT2D eigenvalue weighted by Gasteiger charge is -2.38. The second kappa shape index (κ2) is 3.98. The SMILES string of the molecule is CC1(C(=O)O)CCCC1NC(=O)C1(N)CCC1. The van der Waals surface area contributed by atoms with E-state index in [4.69, 9.17) is 5.73 Å². The minimum absolute atomic E-state index is 0.178. The fraction of sp³-hybridized carbons (Fsp3) is 0.833. The predicted octanol–water partition coefficient (Wildman–Crippen LogP) is 0.627. The monoisotopic (exact) mass is 240 g/mol. The molecule has 1 amide bonds. The molecular weight excluding hydrogens is 220 g/mol. The molecule has 2 rings (SSSR count). The quantitative estimate of drug-likeness (QED) is 0.674. The molecule has 0 spiro atoms. The average molecular weight is 240 g/mol. The Morgan fingerprint density at radius 3 is 2.41 bits per heavy atom. The molecule has 0 heterocycles. The van der Waals surface area contributed by atoms with E-state index >= 15 is 0 Å². The van der Waals surface area contributed by atoms with Crippen LogP contribution in [-0.2, 0) is 9.59 Å². The number of rotatable bonds is 3. The molecule has 2 atom stereocenters. The van der Waals surface area contributed by atoms with Crippen LogP contribution in [-0.4, -0.2) is 28.6 Å². The second-order valence-corrected chi connectivity index (χ2v) is 5.65. The Hall–Kier alpha value is -1.10. The second-order valence-electron chi connectivity index (χ2n) is 5.65. The van der Waals surface area contributed by atoms with Crippen molar-refractivity contribution in [2.24, 2.45) is 11.1 Å². The zero-order valence-electron chi connectivity index (χ0n) is 10.2. The van der Waals surface area contributed by atoms with Crippen molar-refractivity contribution in [1.29, 1.82) is 0 Å². The number of amides is 1. The maximum atomic E-state index is 12.0. The molecule has 96 valence electrons. The molecule has 2 fully saturated rings. The van der Waals surface area contributed by atoms with Crippen molar-refractivity contribution >= 4 is 11.9 Å². The van der Waals surface area contributed by atoms with E-state index in [1.165, 1.54) is 0 Å². The van der Waals surface area contributed by atoms with E-state index in [1.54, 1.807) is 6.92 Å². The Bertz CT molecular complexity index is 352. The number of carbonyl (C=O) groups excluding carboxylic acids is 1. The van der Waals surface area contributed by atoms with Crippen LogP contribution in [0.25, 0.3) is 0 Å². The van der Waals surface area contributed by atoms with Gasteiger partial charge in [-0.15, -0.1) is 0 Å². The molecule has 0 saturated heterocycles. The minimum Gasteiger partial charge on any atom is -0.481 e. The molecule has 0 aliphatic heterocycles. The maximum Gasteiger partial charge on any atom is 0.311 e. The number of aliphatic carboxylic acids is 1. The summed E-state index contributed by atoms with van der Waals surface area (Å²) in [5.74, 6) is -1.01. The Morgan fingerprint density at radius 2 is 1.94 bits per heavy atom. The fourth-order valence-corrected chi connectivity index (χ4v) is 2.74. The van der Waals surface area contributed by atoms with Crippen LogP contribution in [0.15, 0.2) is 0 Å². The van der Waals surface area contributed by atoms with Crippen molar-refractivity contribution in [3.63, 3.8) is 0 Å². The summed E-state index contributed by atoms with van der Waals surface area (Å²) in [6, 6.07) is -0.284. The van der Waals surface area contributed by atoms with E-state index in [1.807, 2.05) is 0 Å². The number of nitrogens with one attached hydrogen (secondary N) is 1. The lowest BCUT2D eigenvalue weighted by Crippen LogP contribution is -2.61. The van der Waals surface area contributed by atoms with Gasteiger partial charge in [0.05, 0.1) is 11.0 Å². The van der Waals surface area contributed by atoms with Crippen LogP contribution >= 0.6 is 0 Å². The number of hydrogen-bond acceptors (Lipinski definition) is 3. The first-order valence-corrected chi connectivity index (χ1v) is 6.22. The molecule has 0 radical (unpaired) electrons. The van der Waals surface area contributed by atoms with Crippen molar-refractivity contribution in [1.82, 2.24) is 5.32 Å². The van der Waals surface area contributed by atoms with Gasteiger partial charge in [-0.2, -0.15) is 0 Å². The van der Waals surface area contributed by atoms with Crippen LogP contribution in [0, 0.1) is 5.41 Å². The Kier molecular flexibility index (Phi) is 2.89. The highest BCUT2D eigenvalue weighted by Gasteiger charge is 2.48. The van der Waals surface area contributed by atoms with Gasteiger partial charge in [0.2, 0.25) is 5.91 Å². The van der Waals surface area contributed by atoms with Crippen LogP contribution in [0.2, 0.25) is 0 Å². The maximum absolute atomic E-state index is 12.0. The van der Waals surface area contributed by atoms with E-state index in [9.17, 15) is 14.7 Å². The molecule has 0 aromatic rings. The van der Waals surface area contributed by atoms with Crippen LogP contribution < -0.4 is 11.1 Å². The standard InChI is InChI=1S/C12H20N2O3/c1-11(10(16)17)5-2-4-8(11)14-9(15)12(13)6-3-7-12/h8H,2-7,13H2,1H3,(H,14,15)(H,16,17). The van der Waals surface area contributed by atoms with Gasteiger partial charge < -0.3 is 16.2 Å². The summed E-state index contributed by atoms with van der Waals surface area (Å²) < 4.78 is 0. The summed E-state index contributed by atoms with van der Waals surface area (Å²) in [4.78, 5) is 23.3. The van der Waals surface area contributed by atoms with Crippen molar-refractivity contribution in [2.45, 2.75) is 57.0 Å². The number of hydrogen-bond donors (Lipinski definition) is 3. The average Bonchev–Trinajstić information content (AvgIpc) is 2.58. The third kappa shape index (κ3) is 1.92. The first kappa shape index (κ1) is 12.4. The highest BCUT2D eigenvalue weighted by Crippen LogP contribution is 2.39.